The Hall–Kier alpha value is -1.06. The van der Waals surface area contributed by atoms with Gasteiger partial charge in [-0.3, -0.25) is 4.79 Å². The molecule has 0 saturated carbocycles. The van der Waals surface area contributed by atoms with Crippen LogP contribution in [0.5, 0.6) is 0 Å². The van der Waals surface area contributed by atoms with E-state index in [2.05, 4.69) is 4.98 Å². The first-order valence-corrected chi connectivity index (χ1v) is 4.14. The minimum absolute atomic E-state index is 0.275. The summed E-state index contributed by atoms with van der Waals surface area (Å²) in [6.07, 6.45) is 2.74. The van der Waals surface area contributed by atoms with E-state index >= 15 is 0 Å². The van der Waals surface area contributed by atoms with Crippen LogP contribution in [0, 0.1) is 0 Å². The lowest BCUT2D eigenvalue weighted by atomic mass is 10.2. The number of hydrogen-bond donors (Lipinski definition) is 1. The number of aromatic nitrogens is 1. The molecular formula is C8H6Cl2N2O. The van der Waals surface area contributed by atoms with Crippen molar-refractivity contribution in [3.8, 4) is 0 Å². The van der Waals surface area contributed by atoms with Gasteiger partial charge in [-0.05, 0) is 23.8 Å². The van der Waals surface area contributed by atoms with Crippen molar-refractivity contribution >= 4 is 35.2 Å². The Kier molecular flexibility index (Phi) is 3.28. The molecule has 0 atom stereocenters. The first kappa shape index (κ1) is 10.0. The van der Waals surface area contributed by atoms with Crippen LogP contribution in [0.1, 0.15) is 5.56 Å². The Labute approximate surface area is 85.2 Å². The molecule has 5 heteroatoms. The molecule has 0 saturated heterocycles. The minimum atomic E-state index is -0.524. The Morgan fingerprint density at radius 3 is 2.38 bits per heavy atom. The largest absolute Gasteiger partial charge is 0.366 e. The number of halogens is 2. The topological polar surface area (TPSA) is 56.0 Å². The number of carbonyl (C=O) groups excluding carboxylic acids is 1. The molecule has 0 aliphatic heterocycles. The maximum absolute atomic E-state index is 10.4. The lowest BCUT2D eigenvalue weighted by Crippen LogP contribution is -2.05. The van der Waals surface area contributed by atoms with Crippen LogP contribution in [-0.4, -0.2) is 10.9 Å². The highest BCUT2D eigenvalue weighted by Crippen LogP contribution is 2.15. The molecular weight excluding hydrogens is 211 g/mol. The fraction of sp³-hybridized carbons (Fsp3) is 0. The smallest absolute Gasteiger partial charge is 0.241 e. The standard InChI is InChI=1S/C8H6Cl2N2O/c9-6-3-5(1-2-8(11)13)4-7(10)12-6/h1-4H,(H2,11,13). The lowest BCUT2D eigenvalue weighted by molar-refractivity contribution is -0.113. The average molecular weight is 217 g/mol. The quantitative estimate of drug-likeness (QED) is 0.607. The molecule has 1 amide bonds. The van der Waals surface area contributed by atoms with Crippen LogP contribution in [-0.2, 0) is 4.79 Å². The molecule has 1 heterocycles. The van der Waals surface area contributed by atoms with Crippen molar-refractivity contribution in [3.63, 3.8) is 0 Å². The molecule has 0 fully saturated rings. The number of nitrogens with zero attached hydrogens (tertiary/aromatic N) is 1. The van der Waals surface area contributed by atoms with E-state index in [1.165, 1.54) is 12.2 Å². The zero-order valence-corrected chi connectivity index (χ0v) is 8.01. The molecule has 0 bridgehead atoms. The van der Waals surface area contributed by atoms with Gasteiger partial charge in [0.15, 0.2) is 0 Å². The van der Waals surface area contributed by atoms with Gasteiger partial charge in [-0.15, -0.1) is 0 Å². The highest BCUT2D eigenvalue weighted by atomic mass is 35.5. The van der Waals surface area contributed by atoms with Crippen LogP contribution in [0.4, 0.5) is 0 Å². The van der Waals surface area contributed by atoms with Gasteiger partial charge in [-0.2, -0.15) is 0 Å². The summed E-state index contributed by atoms with van der Waals surface area (Å²) in [5, 5.41) is 0.549. The van der Waals surface area contributed by atoms with E-state index in [4.69, 9.17) is 28.9 Å². The number of primary amides is 1. The van der Waals surface area contributed by atoms with E-state index in [0.29, 0.717) is 5.56 Å². The first-order chi connectivity index (χ1) is 6.08. The van der Waals surface area contributed by atoms with Crippen LogP contribution in [0.2, 0.25) is 10.3 Å². The van der Waals surface area contributed by atoms with Gasteiger partial charge >= 0.3 is 0 Å². The van der Waals surface area contributed by atoms with Crippen LogP contribution >= 0.6 is 23.2 Å². The lowest BCUT2D eigenvalue weighted by Gasteiger charge is -1.95. The Balaban J connectivity index is 2.95. The van der Waals surface area contributed by atoms with Gasteiger partial charge in [0.1, 0.15) is 10.3 Å². The van der Waals surface area contributed by atoms with E-state index < -0.39 is 5.91 Å². The van der Waals surface area contributed by atoms with Gasteiger partial charge in [0.2, 0.25) is 5.91 Å². The molecule has 0 aromatic carbocycles. The molecule has 0 radical (unpaired) electrons. The third-order valence-electron chi connectivity index (χ3n) is 1.23. The summed E-state index contributed by atoms with van der Waals surface area (Å²) in [6, 6.07) is 3.15. The van der Waals surface area contributed by atoms with Gasteiger partial charge in [0.05, 0.1) is 0 Å². The van der Waals surface area contributed by atoms with E-state index in [-0.39, 0.29) is 10.3 Å². The molecule has 1 aromatic rings. The Bertz CT molecular complexity index is 343. The Morgan fingerprint density at radius 1 is 1.38 bits per heavy atom. The van der Waals surface area contributed by atoms with Gasteiger partial charge in [-0.25, -0.2) is 4.98 Å². The van der Waals surface area contributed by atoms with E-state index in [9.17, 15) is 4.79 Å². The third kappa shape index (κ3) is 3.44. The van der Waals surface area contributed by atoms with Crippen molar-refractivity contribution in [2.75, 3.05) is 0 Å². The van der Waals surface area contributed by atoms with Crippen LogP contribution in [0.15, 0.2) is 18.2 Å². The monoisotopic (exact) mass is 216 g/mol. The maximum atomic E-state index is 10.4. The normalized spacial score (nSPS) is 10.6. The number of nitrogens with two attached hydrogens (primary N) is 1. The molecule has 68 valence electrons. The van der Waals surface area contributed by atoms with Crippen molar-refractivity contribution in [3.05, 3.63) is 34.1 Å². The summed E-state index contributed by atoms with van der Waals surface area (Å²) in [6.45, 7) is 0. The molecule has 3 nitrogen and oxygen atoms in total. The van der Waals surface area contributed by atoms with Crippen LogP contribution in [0.3, 0.4) is 0 Å². The Morgan fingerprint density at radius 2 is 1.92 bits per heavy atom. The van der Waals surface area contributed by atoms with E-state index in [0.717, 1.165) is 0 Å². The number of amides is 1. The predicted molar refractivity (Wildman–Crippen MR) is 52.5 cm³/mol. The summed E-state index contributed by atoms with van der Waals surface area (Å²) >= 11 is 11.2. The molecule has 1 rings (SSSR count). The van der Waals surface area contributed by atoms with Crippen molar-refractivity contribution in [1.29, 1.82) is 0 Å². The second-order valence-corrected chi connectivity index (χ2v) is 3.06. The molecule has 0 aliphatic carbocycles. The number of carbonyl (C=O) groups is 1. The van der Waals surface area contributed by atoms with Gasteiger partial charge in [0.25, 0.3) is 0 Å². The molecule has 0 aliphatic rings. The second-order valence-electron chi connectivity index (χ2n) is 2.28. The van der Waals surface area contributed by atoms with Crippen molar-refractivity contribution in [1.82, 2.24) is 4.98 Å². The van der Waals surface area contributed by atoms with Crippen LogP contribution in [0.25, 0.3) is 6.08 Å². The fourth-order valence-corrected chi connectivity index (χ4v) is 1.24. The number of hydrogen-bond acceptors (Lipinski definition) is 2. The zero-order valence-electron chi connectivity index (χ0n) is 6.50. The summed E-state index contributed by atoms with van der Waals surface area (Å²) in [5.41, 5.74) is 5.59. The first-order valence-electron chi connectivity index (χ1n) is 3.38. The number of rotatable bonds is 2. The summed E-state index contributed by atoms with van der Waals surface area (Å²) in [5.74, 6) is -0.524. The SMILES string of the molecule is NC(=O)C=Cc1cc(Cl)nc(Cl)c1. The summed E-state index contributed by atoms with van der Waals surface area (Å²) < 4.78 is 0. The van der Waals surface area contributed by atoms with Crippen molar-refractivity contribution in [2.45, 2.75) is 0 Å². The summed E-state index contributed by atoms with van der Waals surface area (Å²) in [4.78, 5) is 14.1. The van der Waals surface area contributed by atoms with Crippen molar-refractivity contribution < 1.29 is 4.79 Å². The van der Waals surface area contributed by atoms with Gasteiger partial charge in [-0.1, -0.05) is 23.2 Å². The van der Waals surface area contributed by atoms with Crippen molar-refractivity contribution in [2.24, 2.45) is 5.73 Å². The fourth-order valence-electron chi connectivity index (χ4n) is 0.758. The highest BCUT2D eigenvalue weighted by Gasteiger charge is 1.96. The minimum Gasteiger partial charge on any atom is -0.366 e. The highest BCUT2D eigenvalue weighted by molar-refractivity contribution is 6.32. The summed E-state index contributed by atoms with van der Waals surface area (Å²) in [7, 11) is 0. The predicted octanol–water partition coefficient (Wildman–Crippen LogP) is 1.89. The second kappa shape index (κ2) is 4.25. The average Bonchev–Trinajstić information content (AvgIpc) is 1.99. The van der Waals surface area contributed by atoms with Crippen LogP contribution < -0.4 is 5.73 Å². The molecule has 2 N–H and O–H groups in total. The molecule has 0 spiro atoms. The van der Waals surface area contributed by atoms with E-state index in [1.807, 2.05) is 0 Å². The number of pyridine rings is 1. The van der Waals surface area contributed by atoms with E-state index in [1.54, 1.807) is 12.1 Å². The van der Waals surface area contributed by atoms with Gasteiger partial charge in [0, 0.05) is 6.08 Å². The maximum Gasteiger partial charge on any atom is 0.241 e. The third-order valence-corrected chi connectivity index (χ3v) is 1.61. The van der Waals surface area contributed by atoms with Gasteiger partial charge < -0.3 is 5.73 Å². The molecule has 1 aromatic heterocycles. The molecule has 0 unspecified atom stereocenters. The zero-order chi connectivity index (χ0) is 9.84. The molecule has 13 heavy (non-hydrogen) atoms.